The second-order valence-corrected chi connectivity index (χ2v) is 7.18. The molecule has 1 aliphatic rings. The van der Waals surface area contributed by atoms with Crippen molar-refractivity contribution < 1.29 is 18.3 Å². The van der Waals surface area contributed by atoms with E-state index in [-0.39, 0.29) is 24.0 Å². The second kappa shape index (κ2) is 7.46. The number of anilines is 1. The van der Waals surface area contributed by atoms with Crippen LogP contribution in [0.2, 0.25) is 5.02 Å². The summed E-state index contributed by atoms with van der Waals surface area (Å²) in [5.74, 6) is -2.18. The zero-order chi connectivity index (χ0) is 20.7. The number of pyridine rings is 1. The Labute approximate surface area is 169 Å². The Morgan fingerprint density at radius 1 is 1.24 bits per heavy atom. The van der Waals surface area contributed by atoms with Crippen LogP contribution in [-0.2, 0) is 11.3 Å². The minimum Gasteiger partial charge on any atom is -0.373 e. The average Bonchev–Trinajstić information content (AvgIpc) is 2.68. The Morgan fingerprint density at radius 2 is 1.97 bits per heavy atom. The predicted molar refractivity (Wildman–Crippen MR) is 105 cm³/mol. The number of nitrogens with one attached hydrogen (secondary N) is 2. The van der Waals surface area contributed by atoms with Gasteiger partial charge in [0.15, 0.2) is 11.6 Å². The number of likely N-dealkylation sites (N-methyl/N-ethyl adjacent to an activating group) is 1. The van der Waals surface area contributed by atoms with Gasteiger partial charge < -0.3 is 19.9 Å². The fourth-order valence-electron chi connectivity index (χ4n) is 3.47. The number of rotatable bonds is 2. The molecule has 3 aromatic rings. The molecule has 9 heteroatoms. The molecule has 1 aliphatic heterocycles. The molecule has 0 fully saturated rings. The van der Waals surface area contributed by atoms with Crippen molar-refractivity contribution in [3.8, 4) is 0 Å². The van der Waals surface area contributed by atoms with Gasteiger partial charge in [0.1, 0.15) is 0 Å². The molecule has 2 amide bonds. The molecule has 1 aromatic heterocycles. The minimum atomic E-state index is -1.11. The molecule has 0 spiro atoms. The summed E-state index contributed by atoms with van der Waals surface area (Å²) in [6.07, 6.45) is 0. The van der Waals surface area contributed by atoms with Gasteiger partial charge in [0.05, 0.1) is 24.6 Å². The van der Waals surface area contributed by atoms with E-state index in [4.69, 9.17) is 16.3 Å². The highest BCUT2D eigenvalue weighted by atomic mass is 35.5. The van der Waals surface area contributed by atoms with Gasteiger partial charge in [-0.2, -0.15) is 0 Å². The van der Waals surface area contributed by atoms with Crippen molar-refractivity contribution in [2.24, 2.45) is 0 Å². The summed E-state index contributed by atoms with van der Waals surface area (Å²) in [7, 11) is 1.56. The Balaban J connectivity index is 1.75. The second-order valence-electron chi connectivity index (χ2n) is 6.74. The highest BCUT2D eigenvalue weighted by Crippen LogP contribution is 2.34. The first-order valence-corrected chi connectivity index (χ1v) is 9.14. The van der Waals surface area contributed by atoms with Gasteiger partial charge in [0, 0.05) is 29.0 Å². The van der Waals surface area contributed by atoms with E-state index in [9.17, 15) is 18.4 Å². The monoisotopic (exact) mass is 419 g/mol. The molecule has 29 heavy (non-hydrogen) atoms. The molecule has 2 aromatic carbocycles. The quantitative estimate of drug-likeness (QED) is 0.654. The van der Waals surface area contributed by atoms with E-state index in [1.807, 2.05) is 0 Å². The normalized spacial score (nSPS) is 15.8. The lowest BCUT2D eigenvalue weighted by molar-refractivity contribution is 0.0527. The largest absolute Gasteiger partial charge is 0.373 e. The van der Waals surface area contributed by atoms with Crippen LogP contribution >= 0.6 is 11.6 Å². The number of carbonyl (C=O) groups excluding carboxylic acids is 1. The number of ether oxygens (including phenoxy) is 1. The van der Waals surface area contributed by atoms with E-state index >= 15 is 0 Å². The van der Waals surface area contributed by atoms with Crippen molar-refractivity contribution >= 4 is 34.1 Å². The van der Waals surface area contributed by atoms with Gasteiger partial charge >= 0.3 is 6.03 Å². The summed E-state index contributed by atoms with van der Waals surface area (Å²) in [6, 6.07) is 7.45. The zero-order valence-electron chi connectivity index (χ0n) is 15.3. The number of fused-ring (bicyclic) bond motifs is 3. The van der Waals surface area contributed by atoms with Crippen LogP contribution in [0, 0.1) is 11.6 Å². The van der Waals surface area contributed by atoms with Gasteiger partial charge in [0.25, 0.3) is 5.56 Å². The van der Waals surface area contributed by atoms with Crippen LogP contribution in [0.25, 0.3) is 10.8 Å². The lowest BCUT2D eigenvalue weighted by Gasteiger charge is -2.33. The van der Waals surface area contributed by atoms with Crippen LogP contribution < -0.4 is 10.9 Å². The van der Waals surface area contributed by atoms with Crippen LogP contribution in [-0.4, -0.2) is 29.6 Å². The number of nitrogens with zero attached hydrogens (tertiary/aromatic N) is 1. The van der Waals surface area contributed by atoms with E-state index < -0.39 is 29.3 Å². The van der Waals surface area contributed by atoms with Crippen molar-refractivity contribution in [2.45, 2.75) is 12.6 Å². The molecule has 2 N–H and O–H groups in total. The number of halogens is 3. The number of carbonyl (C=O) groups is 1. The van der Waals surface area contributed by atoms with Gasteiger partial charge in [-0.1, -0.05) is 17.7 Å². The molecular weight excluding hydrogens is 404 g/mol. The number of aromatic amines is 1. The molecular formula is C20H16ClF2N3O3. The van der Waals surface area contributed by atoms with Crippen LogP contribution in [0.1, 0.15) is 17.3 Å². The molecule has 0 unspecified atom stereocenters. The van der Waals surface area contributed by atoms with Crippen molar-refractivity contribution in [2.75, 3.05) is 19.0 Å². The number of H-pyrrole nitrogens is 1. The molecule has 0 radical (unpaired) electrons. The zero-order valence-corrected chi connectivity index (χ0v) is 16.0. The van der Waals surface area contributed by atoms with Gasteiger partial charge in [-0.15, -0.1) is 0 Å². The maximum Gasteiger partial charge on any atom is 0.322 e. The highest BCUT2D eigenvalue weighted by Gasteiger charge is 2.31. The van der Waals surface area contributed by atoms with Gasteiger partial charge in [-0.05, 0) is 35.7 Å². The molecule has 0 bridgehead atoms. The Bertz CT molecular complexity index is 1180. The lowest BCUT2D eigenvalue weighted by atomic mass is 9.95. The molecule has 0 saturated heterocycles. The number of hydrogen-bond donors (Lipinski definition) is 2. The van der Waals surface area contributed by atoms with Crippen LogP contribution in [0.5, 0.6) is 0 Å². The number of amides is 2. The van der Waals surface area contributed by atoms with Gasteiger partial charge in [-0.3, -0.25) is 4.79 Å². The standard InChI is InChI=1S/C20H16ClF2N3O3/c1-26(20(28)24-11-4-2-3-10(21)5-11)17-9-29-8-16-18(17)12-6-14(22)15(23)7-13(12)19(27)25-16/h2-7,17H,8-9H2,1H3,(H,24,28)(H,25,27)/t17-/m1/s1. The summed E-state index contributed by atoms with van der Waals surface area (Å²) < 4.78 is 33.1. The smallest absolute Gasteiger partial charge is 0.322 e. The fourth-order valence-corrected chi connectivity index (χ4v) is 3.66. The summed E-state index contributed by atoms with van der Waals surface area (Å²) in [6.45, 7) is 0.229. The Hall–Kier alpha value is -2.97. The molecule has 150 valence electrons. The third kappa shape index (κ3) is 3.56. The van der Waals surface area contributed by atoms with Crippen molar-refractivity contribution in [1.29, 1.82) is 0 Å². The van der Waals surface area contributed by atoms with E-state index in [0.29, 0.717) is 22.0 Å². The van der Waals surface area contributed by atoms with Gasteiger partial charge in [0.2, 0.25) is 0 Å². The lowest BCUT2D eigenvalue weighted by Crippen LogP contribution is -2.39. The van der Waals surface area contributed by atoms with Crippen molar-refractivity contribution in [3.63, 3.8) is 0 Å². The molecule has 4 rings (SSSR count). The summed E-state index contributed by atoms with van der Waals surface area (Å²) in [5.41, 5.74) is 0.902. The van der Waals surface area contributed by atoms with E-state index in [1.54, 1.807) is 31.3 Å². The SMILES string of the molecule is CN(C(=O)Nc1cccc(Cl)c1)[C@@H]1COCc2[nH]c(=O)c3cc(F)c(F)cc3c21. The van der Waals surface area contributed by atoms with Crippen molar-refractivity contribution in [3.05, 3.63) is 74.7 Å². The Morgan fingerprint density at radius 3 is 2.69 bits per heavy atom. The Kier molecular flexibility index (Phi) is 4.97. The summed E-state index contributed by atoms with van der Waals surface area (Å²) >= 11 is 5.95. The predicted octanol–water partition coefficient (Wildman–Crippen LogP) is 4.19. The number of benzene rings is 2. The first-order chi connectivity index (χ1) is 13.8. The molecule has 0 aliphatic carbocycles. The number of aromatic nitrogens is 1. The summed E-state index contributed by atoms with van der Waals surface area (Å²) in [5, 5.41) is 3.46. The van der Waals surface area contributed by atoms with Crippen LogP contribution in [0.3, 0.4) is 0 Å². The molecule has 2 heterocycles. The molecule has 6 nitrogen and oxygen atoms in total. The van der Waals surface area contributed by atoms with Crippen LogP contribution in [0.4, 0.5) is 19.3 Å². The third-order valence-electron chi connectivity index (χ3n) is 4.90. The first kappa shape index (κ1) is 19.4. The maximum atomic E-state index is 13.9. The average molecular weight is 420 g/mol. The fraction of sp³-hybridized carbons (Fsp3) is 0.200. The topological polar surface area (TPSA) is 74.4 Å². The van der Waals surface area contributed by atoms with Crippen LogP contribution in [0.15, 0.2) is 41.2 Å². The van der Waals surface area contributed by atoms with E-state index in [1.165, 1.54) is 4.90 Å². The summed E-state index contributed by atoms with van der Waals surface area (Å²) in [4.78, 5) is 29.1. The molecule has 1 atom stereocenters. The number of hydrogen-bond acceptors (Lipinski definition) is 3. The maximum absolute atomic E-state index is 13.9. The van der Waals surface area contributed by atoms with Gasteiger partial charge in [-0.25, -0.2) is 13.6 Å². The first-order valence-electron chi connectivity index (χ1n) is 8.76. The number of urea groups is 1. The third-order valence-corrected chi connectivity index (χ3v) is 5.14. The highest BCUT2D eigenvalue weighted by molar-refractivity contribution is 6.30. The van der Waals surface area contributed by atoms with E-state index in [2.05, 4.69) is 10.3 Å². The molecule has 0 saturated carbocycles. The van der Waals surface area contributed by atoms with E-state index in [0.717, 1.165) is 12.1 Å². The minimum absolute atomic E-state index is 0.0122. The van der Waals surface area contributed by atoms with Crippen molar-refractivity contribution in [1.82, 2.24) is 9.88 Å².